The molecule has 1 aliphatic rings. The summed E-state index contributed by atoms with van der Waals surface area (Å²) >= 11 is 1.93. The summed E-state index contributed by atoms with van der Waals surface area (Å²) in [5.74, 6) is 2.80. The summed E-state index contributed by atoms with van der Waals surface area (Å²) in [6.07, 6.45) is 1.95. The predicted octanol–water partition coefficient (Wildman–Crippen LogP) is 0.915. The van der Waals surface area contributed by atoms with Crippen LogP contribution in [-0.4, -0.2) is 54.5 Å². The third-order valence-electron chi connectivity index (χ3n) is 3.55. The first kappa shape index (κ1) is 15.8. The van der Waals surface area contributed by atoms with Gasteiger partial charge in [-0.1, -0.05) is 20.3 Å². The minimum atomic E-state index is -0.0374. The van der Waals surface area contributed by atoms with Crippen LogP contribution in [0.15, 0.2) is 0 Å². The molecule has 0 spiro atoms. The molecule has 1 amide bonds. The number of carbonyl (C=O) groups excluding carboxylic acids is 1. The molecule has 0 aliphatic carbocycles. The van der Waals surface area contributed by atoms with Gasteiger partial charge in [0.05, 0.1) is 6.04 Å². The highest BCUT2D eigenvalue weighted by Crippen LogP contribution is 2.15. The first-order valence-electron chi connectivity index (χ1n) is 7.00. The zero-order valence-electron chi connectivity index (χ0n) is 11.7. The minimum Gasteiger partial charge on any atom is -0.340 e. The molecule has 5 heteroatoms. The Morgan fingerprint density at radius 2 is 2.11 bits per heavy atom. The predicted molar refractivity (Wildman–Crippen MR) is 78.8 cm³/mol. The van der Waals surface area contributed by atoms with E-state index in [4.69, 9.17) is 5.73 Å². The lowest BCUT2D eigenvalue weighted by Gasteiger charge is -2.33. The SMILES string of the molecule is CC[C@@H](C)[C@H](NCCCN)C(=O)N1CCSCC1. The molecule has 0 saturated carbocycles. The summed E-state index contributed by atoms with van der Waals surface area (Å²) in [6, 6.07) is -0.0374. The Morgan fingerprint density at radius 1 is 1.44 bits per heavy atom. The van der Waals surface area contributed by atoms with Gasteiger partial charge in [0.25, 0.3) is 0 Å². The number of amides is 1. The van der Waals surface area contributed by atoms with Crippen molar-refractivity contribution in [2.24, 2.45) is 11.7 Å². The Morgan fingerprint density at radius 3 is 2.67 bits per heavy atom. The van der Waals surface area contributed by atoms with Crippen molar-refractivity contribution in [2.45, 2.75) is 32.7 Å². The molecule has 1 fully saturated rings. The van der Waals surface area contributed by atoms with Gasteiger partial charge in [0.2, 0.25) is 5.91 Å². The van der Waals surface area contributed by atoms with Gasteiger partial charge in [0.1, 0.15) is 0 Å². The van der Waals surface area contributed by atoms with Crippen LogP contribution < -0.4 is 11.1 Å². The number of hydrogen-bond donors (Lipinski definition) is 2. The maximum atomic E-state index is 12.5. The number of nitrogens with two attached hydrogens (primary N) is 1. The second-order valence-corrected chi connectivity index (χ2v) is 6.12. The van der Waals surface area contributed by atoms with Crippen LogP contribution >= 0.6 is 11.8 Å². The van der Waals surface area contributed by atoms with Gasteiger partial charge in [-0.25, -0.2) is 0 Å². The molecule has 1 rings (SSSR count). The van der Waals surface area contributed by atoms with Crippen molar-refractivity contribution in [1.82, 2.24) is 10.2 Å². The molecule has 0 aromatic heterocycles. The van der Waals surface area contributed by atoms with E-state index < -0.39 is 0 Å². The summed E-state index contributed by atoms with van der Waals surface area (Å²) in [4.78, 5) is 14.5. The van der Waals surface area contributed by atoms with Gasteiger partial charge in [-0.2, -0.15) is 11.8 Å². The molecule has 2 atom stereocenters. The fraction of sp³-hybridized carbons (Fsp3) is 0.923. The summed E-state index contributed by atoms with van der Waals surface area (Å²) in [5.41, 5.74) is 5.50. The molecular weight excluding hydrogens is 246 g/mol. The number of nitrogens with zero attached hydrogens (tertiary/aromatic N) is 1. The summed E-state index contributed by atoms with van der Waals surface area (Å²) in [5, 5.41) is 3.39. The molecule has 1 saturated heterocycles. The first-order valence-corrected chi connectivity index (χ1v) is 8.16. The molecule has 0 radical (unpaired) electrons. The molecular formula is C13H27N3OS. The van der Waals surface area contributed by atoms with Gasteiger partial charge >= 0.3 is 0 Å². The normalized spacial score (nSPS) is 19.6. The van der Waals surface area contributed by atoms with Crippen molar-refractivity contribution >= 4 is 17.7 Å². The molecule has 3 N–H and O–H groups in total. The lowest BCUT2D eigenvalue weighted by molar-refractivity contribution is -0.134. The summed E-state index contributed by atoms with van der Waals surface area (Å²) in [6.45, 7) is 7.59. The number of hydrogen-bond acceptors (Lipinski definition) is 4. The molecule has 0 aromatic carbocycles. The number of carbonyl (C=O) groups is 1. The van der Waals surface area contributed by atoms with Gasteiger partial charge in [0.15, 0.2) is 0 Å². The van der Waals surface area contributed by atoms with E-state index in [9.17, 15) is 4.79 Å². The zero-order valence-corrected chi connectivity index (χ0v) is 12.5. The highest BCUT2D eigenvalue weighted by molar-refractivity contribution is 7.99. The molecule has 18 heavy (non-hydrogen) atoms. The van der Waals surface area contributed by atoms with Gasteiger partial charge in [-0.05, 0) is 25.4 Å². The Labute approximate surface area is 115 Å². The zero-order chi connectivity index (χ0) is 13.4. The van der Waals surface area contributed by atoms with Crippen LogP contribution in [0.4, 0.5) is 0 Å². The smallest absolute Gasteiger partial charge is 0.240 e. The van der Waals surface area contributed by atoms with Crippen molar-refractivity contribution in [1.29, 1.82) is 0 Å². The minimum absolute atomic E-state index is 0.0374. The van der Waals surface area contributed by atoms with Crippen LogP contribution in [0.2, 0.25) is 0 Å². The van der Waals surface area contributed by atoms with E-state index in [1.165, 1.54) is 0 Å². The molecule has 1 heterocycles. The van der Waals surface area contributed by atoms with Crippen LogP contribution in [0.5, 0.6) is 0 Å². The molecule has 4 nitrogen and oxygen atoms in total. The van der Waals surface area contributed by atoms with Crippen molar-refractivity contribution in [3.05, 3.63) is 0 Å². The largest absolute Gasteiger partial charge is 0.340 e. The third-order valence-corrected chi connectivity index (χ3v) is 4.49. The maximum absolute atomic E-state index is 12.5. The lowest BCUT2D eigenvalue weighted by atomic mass is 9.97. The van der Waals surface area contributed by atoms with Crippen molar-refractivity contribution in [3.63, 3.8) is 0 Å². The Kier molecular flexibility index (Phi) is 7.70. The molecule has 1 aliphatic heterocycles. The van der Waals surface area contributed by atoms with Crippen LogP contribution in [-0.2, 0) is 4.79 Å². The number of thioether (sulfide) groups is 1. The fourth-order valence-electron chi connectivity index (χ4n) is 2.11. The first-order chi connectivity index (χ1) is 8.70. The van der Waals surface area contributed by atoms with Crippen molar-refractivity contribution in [2.75, 3.05) is 37.7 Å². The average molecular weight is 273 g/mol. The Hall–Kier alpha value is -0.260. The molecule has 0 unspecified atom stereocenters. The van der Waals surface area contributed by atoms with E-state index in [-0.39, 0.29) is 11.9 Å². The Balaban J connectivity index is 2.53. The second-order valence-electron chi connectivity index (χ2n) is 4.90. The molecule has 0 aromatic rings. The van der Waals surface area contributed by atoms with Crippen LogP contribution in [0.3, 0.4) is 0 Å². The van der Waals surface area contributed by atoms with Gasteiger partial charge in [0, 0.05) is 24.6 Å². The van der Waals surface area contributed by atoms with E-state index in [1.807, 2.05) is 16.7 Å². The van der Waals surface area contributed by atoms with Crippen LogP contribution in [0, 0.1) is 5.92 Å². The van der Waals surface area contributed by atoms with Gasteiger partial charge in [-0.3, -0.25) is 4.79 Å². The van der Waals surface area contributed by atoms with Crippen LogP contribution in [0.1, 0.15) is 26.7 Å². The standard InChI is InChI=1S/C13H27N3OS/c1-3-11(2)12(15-6-4-5-14)13(17)16-7-9-18-10-8-16/h11-12,15H,3-10,14H2,1-2H3/t11-,12+/m1/s1. The monoisotopic (exact) mass is 273 g/mol. The molecule has 0 bridgehead atoms. The van der Waals surface area contributed by atoms with E-state index in [0.29, 0.717) is 12.5 Å². The summed E-state index contributed by atoms with van der Waals surface area (Å²) < 4.78 is 0. The van der Waals surface area contributed by atoms with Gasteiger partial charge in [-0.15, -0.1) is 0 Å². The Bertz CT molecular complexity index is 244. The van der Waals surface area contributed by atoms with Crippen LogP contribution in [0.25, 0.3) is 0 Å². The second kappa shape index (κ2) is 8.77. The van der Waals surface area contributed by atoms with E-state index in [0.717, 1.165) is 44.0 Å². The number of nitrogens with one attached hydrogen (secondary N) is 1. The van der Waals surface area contributed by atoms with E-state index in [2.05, 4.69) is 19.2 Å². The van der Waals surface area contributed by atoms with E-state index in [1.54, 1.807) is 0 Å². The highest BCUT2D eigenvalue weighted by atomic mass is 32.2. The fourth-order valence-corrected chi connectivity index (χ4v) is 3.01. The average Bonchev–Trinajstić information content (AvgIpc) is 2.43. The van der Waals surface area contributed by atoms with Gasteiger partial charge < -0.3 is 16.0 Å². The lowest BCUT2D eigenvalue weighted by Crippen LogP contribution is -2.52. The number of rotatable bonds is 7. The van der Waals surface area contributed by atoms with E-state index >= 15 is 0 Å². The topological polar surface area (TPSA) is 58.4 Å². The van der Waals surface area contributed by atoms with Crippen molar-refractivity contribution < 1.29 is 4.79 Å². The summed E-state index contributed by atoms with van der Waals surface area (Å²) in [7, 11) is 0. The third kappa shape index (κ3) is 4.78. The highest BCUT2D eigenvalue weighted by Gasteiger charge is 2.28. The maximum Gasteiger partial charge on any atom is 0.240 e. The molecule has 106 valence electrons. The van der Waals surface area contributed by atoms with Crippen molar-refractivity contribution in [3.8, 4) is 0 Å². The quantitative estimate of drug-likeness (QED) is 0.677.